The van der Waals surface area contributed by atoms with Crippen LogP contribution in [-0.2, 0) is 6.54 Å². The maximum Gasteiger partial charge on any atom is 0.251 e. The highest BCUT2D eigenvalue weighted by Gasteiger charge is 2.16. The fourth-order valence-corrected chi connectivity index (χ4v) is 3.27. The minimum absolute atomic E-state index is 0.00111. The van der Waals surface area contributed by atoms with Crippen molar-refractivity contribution in [2.75, 3.05) is 19.6 Å². The lowest BCUT2D eigenvalue weighted by molar-refractivity contribution is 0.206. The molecule has 1 fully saturated rings. The van der Waals surface area contributed by atoms with Gasteiger partial charge in [0.2, 0.25) is 0 Å². The van der Waals surface area contributed by atoms with E-state index in [0.29, 0.717) is 18.2 Å². The Morgan fingerprint density at radius 3 is 2.70 bits per heavy atom. The van der Waals surface area contributed by atoms with Crippen LogP contribution in [0.3, 0.4) is 0 Å². The fraction of sp³-hybridized carbons (Fsp3) is 0.444. The number of fused-ring (bicyclic) bond motifs is 1. The third-order valence-corrected chi connectivity index (χ3v) is 4.72. The number of piperidine rings is 1. The van der Waals surface area contributed by atoms with Gasteiger partial charge >= 0.3 is 0 Å². The number of nitriles is 1. The van der Waals surface area contributed by atoms with Gasteiger partial charge in [-0.3, -0.25) is 4.79 Å². The summed E-state index contributed by atoms with van der Waals surface area (Å²) < 4.78 is 1.79. The second kappa shape index (κ2) is 6.53. The summed E-state index contributed by atoms with van der Waals surface area (Å²) in [6.45, 7) is 5.39. The van der Waals surface area contributed by atoms with Crippen LogP contribution in [0.15, 0.2) is 29.1 Å². The molecule has 5 nitrogen and oxygen atoms in total. The van der Waals surface area contributed by atoms with Crippen LogP contribution in [0, 0.1) is 18.3 Å². The van der Waals surface area contributed by atoms with Crippen LogP contribution in [0.2, 0.25) is 0 Å². The Bertz CT molecular complexity index is 810. The number of hydrogen-bond donors (Lipinski definition) is 1. The standard InChI is InChI=1S/C18H22N4O/c1-13-10-18(23)22(9-8-21-6-4-15(20)5-7-21)17-11-14(12-19)2-3-16(13)17/h2-3,10-11,15H,4-9,20H2,1H3. The zero-order chi connectivity index (χ0) is 16.4. The van der Waals surface area contributed by atoms with Crippen molar-refractivity contribution in [2.45, 2.75) is 32.4 Å². The molecule has 0 amide bonds. The van der Waals surface area contributed by atoms with E-state index in [0.717, 1.165) is 48.9 Å². The van der Waals surface area contributed by atoms with E-state index in [4.69, 9.17) is 11.0 Å². The first-order valence-corrected chi connectivity index (χ1v) is 8.11. The maximum absolute atomic E-state index is 12.4. The van der Waals surface area contributed by atoms with Gasteiger partial charge in [-0.05, 0) is 50.6 Å². The van der Waals surface area contributed by atoms with Gasteiger partial charge in [-0.2, -0.15) is 5.26 Å². The molecule has 1 aromatic heterocycles. The van der Waals surface area contributed by atoms with Crippen LogP contribution in [0.4, 0.5) is 0 Å². The molecular weight excluding hydrogens is 288 g/mol. The molecule has 120 valence electrons. The van der Waals surface area contributed by atoms with Gasteiger partial charge in [0.15, 0.2) is 0 Å². The van der Waals surface area contributed by atoms with E-state index in [1.54, 1.807) is 16.7 Å². The largest absolute Gasteiger partial charge is 0.328 e. The van der Waals surface area contributed by atoms with Crippen LogP contribution in [-0.4, -0.2) is 35.1 Å². The molecule has 0 unspecified atom stereocenters. The molecule has 1 aliphatic rings. The molecule has 1 saturated heterocycles. The Kier molecular flexibility index (Phi) is 4.46. The average molecular weight is 310 g/mol. The lowest BCUT2D eigenvalue weighted by Crippen LogP contribution is -2.41. The lowest BCUT2D eigenvalue weighted by atomic mass is 10.1. The molecular formula is C18H22N4O. The zero-order valence-corrected chi connectivity index (χ0v) is 13.5. The van der Waals surface area contributed by atoms with Crippen LogP contribution < -0.4 is 11.3 Å². The number of rotatable bonds is 3. The minimum Gasteiger partial charge on any atom is -0.328 e. The molecule has 0 atom stereocenters. The number of nitrogens with two attached hydrogens (primary N) is 1. The van der Waals surface area contributed by atoms with Crippen molar-refractivity contribution < 1.29 is 0 Å². The Morgan fingerprint density at radius 2 is 2.00 bits per heavy atom. The molecule has 2 aromatic rings. The molecule has 1 aromatic carbocycles. The highest BCUT2D eigenvalue weighted by molar-refractivity contribution is 5.83. The zero-order valence-electron chi connectivity index (χ0n) is 13.5. The van der Waals surface area contributed by atoms with Crippen LogP contribution in [0.5, 0.6) is 0 Å². The Labute approximate surface area is 135 Å². The van der Waals surface area contributed by atoms with Crippen molar-refractivity contribution in [1.29, 1.82) is 5.26 Å². The molecule has 2 heterocycles. The Morgan fingerprint density at radius 1 is 1.26 bits per heavy atom. The predicted octanol–water partition coefficient (Wildman–Crippen LogP) is 1.60. The van der Waals surface area contributed by atoms with Crippen molar-refractivity contribution in [3.8, 4) is 6.07 Å². The van der Waals surface area contributed by atoms with Crippen LogP contribution in [0.1, 0.15) is 24.0 Å². The second-order valence-electron chi connectivity index (χ2n) is 6.34. The topological polar surface area (TPSA) is 75.1 Å². The summed E-state index contributed by atoms with van der Waals surface area (Å²) in [7, 11) is 0. The van der Waals surface area contributed by atoms with Crippen molar-refractivity contribution in [2.24, 2.45) is 5.73 Å². The summed E-state index contributed by atoms with van der Waals surface area (Å²) in [5, 5.41) is 10.2. The van der Waals surface area contributed by atoms with Gasteiger partial charge in [0.1, 0.15) is 0 Å². The van der Waals surface area contributed by atoms with Crippen molar-refractivity contribution in [1.82, 2.24) is 9.47 Å². The van der Waals surface area contributed by atoms with E-state index in [2.05, 4.69) is 11.0 Å². The predicted molar refractivity (Wildman–Crippen MR) is 91.3 cm³/mol. The van der Waals surface area contributed by atoms with E-state index in [1.165, 1.54) is 0 Å². The van der Waals surface area contributed by atoms with Gasteiger partial charge in [0.25, 0.3) is 5.56 Å². The second-order valence-corrected chi connectivity index (χ2v) is 6.34. The first-order chi connectivity index (χ1) is 11.1. The molecule has 2 N–H and O–H groups in total. The SMILES string of the molecule is Cc1cc(=O)n(CCN2CCC(N)CC2)c2cc(C#N)ccc12. The van der Waals surface area contributed by atoms with Crippen LogP contribution >= 0.6 is 0 Å². The maximum atomic E-state index is 12.4. The molecule has 0 radical (unpaired) electrons. The number of hydrogen-bond acceptors (Lipinski definition) is 4. The average Bonchev–Trinajstić information content (AvgIpc) is 2.55. The number of pyridine rings is 1. The van der Waals surface area contributed by atoms with Crippen molar-refractivity contribution in [3.05, 3.63) is 45.7 Å². The third kappa shape index (κ3) is 3.29. The van der Waals surface area contributed by atoms with Gasteiger partial charge in [0, 0.05) is 30.6 Å². The number of benzene rings is 1. The Balaban J connectivity index is 1.90. The monoisotopic (exact) mass is 310 g/mol. The quantitative estimate of drug-likeness (QED) is 0.934. The third-order valence-electron chi connectivity index (χ3n) is 4.72. The van der Waals surface area contributed by atoms with Gasteiger partial charge in [-0.25, -0.2) is 0 Å². The molecule has 1 aliphatic heterocycles. The summed E-state index contributed by atoms with van der Waals surface area (Å²) in [5.74, 6) is 0. The van der Waals surface area contributed by atoms with E-state index in [-0.39, 0.29) is 5.56 Å². The molecule has 0 bridgehead atoms. The number of likely N-dealkylation sites (tertiary alicyclic amines) is 1. The highest BCUT2D eigenvalue weighted by atomic mass is 16.1. The fourth-order valence-electron chi connectivity index (χ4n) is 3.27. The summed E-state index contributed by atoms with van der Waals surface area (Å²) in [5.41, 5.74) is 8.32. The van der Waals surface area contributed by atoms with E-state index < -0.39 is 0 Å². The Hall–Kier alpha value is -2.16. The van der Waals surface area contributed by atoms with Gasteiger partial charge in [0.05, 0.1) is 17.1 Å². The summed E-state index contributed by atoms with van der Waals surface area (Å²) in [4.78, 5) is 14.8. The smallest absolute Gasteiger partial charge is 0.251 e. The summed E-state index contributed by atoms with van der Waals surface area (Å²) >= 11 is 0. The molecule has 0 spiro atoms. The molecule has 5 heteroatoms. The van der Waals surface area contributed by atoms with Gasteiger partial charge in [-0.1, -0.05) is 6.07 Å². The first kappa shape index (κ1) is 15.7. The van der Waals surface area contributed by atoms with E-state index in [1.807, 2.05) is 19.1 Å². The summed E-state index contributed by atoms with van der Waals surface area (Å²) in [6.07, 6.45) is 2.03. The molecule has 3 rings (SSSR count). The lowest BCUT2D eigenvalue weighted by Gasteiger charge is -2.30. The minimum atomic E-state index is -0.00111. The van der Waals surface area contributed by atoms with Gasteiger partial charge < -0.3 is 15.2 Å². The van der Waals surface area contributed by atoms with Crippen LogP contribution in [0.25, 0.3) is 10.9 Å². The normalized spacial score (nSPS) is 16.6. The molecule has 23 heavy (non-hydrogen) atoms. The van der Waals surface area contributed by atoms with Crippen molar-refractivity contribution >= 4 is 10.9 Å². The van der Waals surface area contributed by atoms with Crippen molar-refractivity contribution in [3.63, 3.8) is 0 Å². The number of aryl methyl sites for hydroxylation is 1. The first-order valence-electron chi connectivity index (χ1n) is 8.11. The highest BCUT2D eigenvalue weighted by Crippen LogP contribution is 2.18. The molecule has 0 aliphatic carbocycles. The van der Waals surface area contributed by atoms with E-state index >= 15 is 0 Å². The molecule has 0 saturated carbocycles. The number of aromatic nitrogens is 1. The van der Waals surface area contributed by atoms with Gasteiger partial charge in [-0.15, -0.1) is 0 Å². The number of nitrogens with zero attached hydrogens (tertiary/aromatic N) is 3. The van der Waals surface area contributed by atoms with E-state index in [9.17, 15) is 4.79 Å². The summed E-state index contributed by atoms with van der Waals surface area (Å²) in [6, 6.07) is 9.70.